The van der Waals surface area contributed by atoms with Crippen molar-refractivity contribution < 1.29 is 15.0 Å². The zero-order chi connectivity index (χ0) is 28.7. The zero-order valence-corrected chi connectivity index (χ0v) is 26.4. The highest BCUT2D eigenvalue weighted by Crippen LogP contribution is 2.14. The Hall–Kier alpha value is -0.870. The van der Waals surface area contributed by atoms with Gasteiger partial charge in [-0.25, -0.2) is 0 Å². The molecule has 0 aliphatic carbocycles. The molecule has 0 bridgehead atoms. The number of hydrogen-bond acceptors (Lipinski definition) is 3. The lowest BCUT2D eigenvalue weighted by Gasteiger charge is -2.22. The number of rotatable bonds is 31. The number of hydrogen-bond donors (Lipinski definition) is 3. The molecule has 2 unspecified atom stereocenters. The quantitative estimate of drug-likeness (QED) is 0.0593. The van der Waals surface area contributed by atoms with Crippen LogP contribution in [0.25, 0.3) is 0 Å². The first-order valence-corrected chi connectivity index (χ1v) is 17.4. The summed E-state index contributed by atoms with van der Waals surface area (Å²) in [6.45, 7) is 4.33. The van der Waals surface area contributed by atoms with Crippen LogP contribution in [0.3, 0.4) is 0 Å². The second-order valence-electron chi connectivity index (χ2n) is 11.9. The highest BCUT2D eigenvalue weighted by molar-refractivity contribution is 5.76. The van der Waals surface area contributed by atoms with Crippen molar-refractivity contribution in [1.82, 2.24) is 5.32 Å². The molecular formula is C35H69NO3. The summed E-state index contributed by atoms with van der Waals surface area (Å²) in [7, 11) is 0. The van der Waals surface area contributed by atoms with Crippen LogP contribution in [0.15, 0.2) is 12.2 Å². The topological polar surface area (TPSA) is 69.6 Å². The molecule has 0 aliphatic rings. The first-order valence-electron chi connectivity index (χ1n) is 17.4. The van der Waals surface area contributed by atoms with E-state index in [1.54, 1.807) is 0 Å². The summed E-state index contributed by atoms with van der Waals surface area (Å²) >= 11 is 0. The van der Waals surface area contributed by atoms with Gasteiger partial charge in [0.25, 0.3) is 0 Å². The molecule has 0 aromatic heterocycles. The molecule has 0 aliphatic heterocycles. The lowest BCUT2D eigenvalue weighted by atomic mass is 10.0. The van der Waals surface area contributed by atoms with E-state index in [9.17, 15) is 15.0 Å². The molecule has 3 N–H and O–H groups in total. The van der Waals surface area contributed by atoms with E-state index in [1.165, 1.54) is 135 Å². The van der Waals surface area contributed by atoms with Gasteiger partial charge in [-0.3, -0.25) is 4.79 Å². The molecule has 0 radical (unpaired) electrons. The van der Waals surface area contributed by atoms with Crippen molar-refractivity contribution in [3.05, 3.63) is 12.2 Å². The molecule has 4 nitrogen and oxygen atoms in total. The highest BCUT2D eigenvalue weighted by Gasteiger charge is 2.19. The predicted molar refractivity (Wildman–Crippen MR) is 170 cm³/mol. The Morgan fingerprint density at radius 3 is 1.41 bits per heavy atom. The molecule has 0 saturated carbocycles. The SMILES string of the molecule is CCCCCCCCC/C=C\CCCCCCCC(=O)NC(CO)C(O)CCCCCCCCCCCCC. The van der Waals surface area contributed by atoms with Gasteiger partial charge in [0.05, 0.1) is 18.8 Å². The molecule has 0 spiro atoms. The average Bonchev–Trinajstić information content (AvgIpc) is 2.94. The first-order chi connectivity index (χ1) is 19.2. The summed E-state index contributed by atoms with van der Waals surface area (Å²) in [4.78, 5) is 12.3. The van der Waals surface area contributed by atoms with E-state index < -0.39 is 12.1 Å². The van der Waals surface area contributed by atoms with Gasteiger partial charge in [-0.05, 0) is 38.5 Å². The van der Waals surface area contributed by atoms with E-state index in [2.05, 4.69) is 31.3 Å². The summed E-state index contributed by atoms with van der Waals surface area (Å²) in [5.41, 5.74) is 0. The van der Waals surface area contributed by atoms with Gasteiger partial charge in [-0.2, -0.15) is 0 Å². The van der Waals surface area contributed by atoms with Crippen LogP contribution in [-0.4, -0.2) is 34.9 Å². The zero-order valence-electron chi connectivity index (χ0n) is 26.4. The lowest BCUT2D eigenvalue weighted by molar-refractivity contribution is -0.123. The number of allylic oxidation sites excluding steroid dienone is 2. The van der Waals surface area contributed by atoms with Crippen LogP contribution in [0.5, 0.6) is 0 Å². The fourth-order valence-corrected chi connectivity index (χ4v) is 5.29. The summed E-state index contributed by atoms with van der Waals surface area (Å²) in [6.07, 6.45) is 36.8. The molecular weight excluding hydrogens is 482 g/mol. The molecule has 0 heterocycles. The first kappa shape index (κ1) is 38.1. The van der Waals surface area contributed by atoms with Crippen molar-refractivity contribution in [2.45, 2.75) is 199 Å². The van der Waals surface area contributed by atoms with Crippen LogP contribution in [0.4, 0.5) is 0 Å². The minimum Gasteiger partial charge on any atom is -0.394 e. The molecule has 0 rings (SSSR count). The normalized spacial score (nSPS) is 13.2. The summed E-state index contributed by atoms with van der Waals surface area (Å²) in [5.74, 6) is -0.0414. The van der Waals surface area contributed by atoms with Crippen LogP contribution in [-0.2, 0) is 4.79 Å². The van der Waals surface area contributed by atoms with Crippen LogP contribution in [0.2, 0.25) is 0 Å². The Morgan fingerprint density at radius 1 is 0.590 bits per heavy atom. The molecule has 1 amide bonds. The van der Waals surface area contributed by atoms with Crippen molar-refractivity contribution in [2.24, 2.45) is 0 Å². The van der Waals surface area contributed by atoms with Crippen molar-refractivity contribution in [3.63, 3.8) is 0 Å². The number of amides is 1. The van der Waals surface area contributed by atoms with Crippen molar-refractivity contribution >= 4 is 5.91 Å². The summed E-state index contributed by atoms with van der Waals surface area (Å²) in [5, 5.41) is 22.9. The predicted octanol–water partition coefficient (Wildman–Crippen LogP) is 9.95. The van der Waals surface area contributed by atoms with Crippen LogP contribution in [0, 0.1) is 0 Å². The molecule has 2 atom stereocenters. The van der Waals surface area contributed by atoms with Crippen LogP contribution < -0.4 is 5.32 Å². The molecule has 0 fully saturated rings. The van der Waals surface area contributed by atoms with E-state index in [-0.39, 0.29) is 12.5 Å². The Bertz CT molecular complexity index is 522. The fraction of sp³-hybridized carbons (Fsp3) is 0.914. The van der Waals surface area contributed by atoms with Crippen molar-refractivity contribution in [2.75, 3.05) is 6.61 Å². The van der Waals surface area contributed by atoms with Gasteiger partial charge >= 0.3 is 0 Å². The minimum absolute atomic E-state index is 0.0414. The van der Waals surface area contributed by atoms with Gasteiger partial charge in [0, 0.05) is 6.42 Å². The molecule has 0 aromatic carbocycles. The number of nitrogens with one attached hydrogen (secondary N) is 1. The average molecular weight is 552 g/mol. The largest absolute Gasteiger partial charge is 0.394 e. The third-order valence-corrected chi connectivity index (χ3v) is 8.03. The number of aliphatic hydroxyl groups excluding tert-OH is 2. The Morgan fingerprint density at radius 2 is 0.974 bits per heavy atom. The maximum absolute atomic E-state index is 12.3. The second-order valence-corrected chi connectivity index (χ2v) is 11.9. The van der Waals surface area contributed by atoms with E-state index >= 15 is 0 Å². The highest BCUT2D eigenvalue weighted by atomic mass is 16.3. The van der Waals surface area contributed by atoms with Crippen molar-refractivity contribution in [3.8, 4) is 0 Å². The van der Waals surface area contributed by atoms with Gasteiger partial charge in [0.1, 0.15) is 0 Å². The van der Waals surface area contributed by atoms with Gasteiger partial charge in [0.2, 0.25) is 5.91 Å². The number of carbonyl (C=O) groups excluding carboxylic acids is 1. The van der Waals surface area contributed by atoms with E-state index in [0.717, 1.165) is 25.7 Å². The maximum Gasteiger partial charge on any atom is 0.220 e. The molecule has 0 aromatic rings. The van der Waals surface area contributed by atoms with Gasteiger partial charge in [0.15, 0.2) is 0 Å². The van der Waals surface area contributed by atoms with Crippen LogP contribution >= 0.6 is 0 Å². The van der Waals surface area contributed by atoms with E-state index in [1.807, 2.05) is 0 Å². The maximum atomic E-state index is 12.3. The Balaban J connectivity index is 3.58. The lowest BCUT2D eigenvalue weighted by Crippen LogP contribution is -2.45. The van der Waals surface area contributed by atoms with Gasteiger partial charge < -0.3 is 15.5 Å². The third kappa shape index (κ3) is 28.5. The minimum atomic E-state index is -0.656. The van der Waals surface area contributed by atoms with E-state index in [0.29, 0.717) is 12.8 Å². The van der Waals surface area contributed by atoms with Crippen molar-refractivity contribution in [1.29, 1.82) is 0 Å². The Labute approximate surface area is 244 Å². The number of carbonyl (C=O) groups is 1. The van der Waals surface area contributed by atoms with Gasteiger partial charge in [-0.15, -0.1) is 0 Å². The summed E-state index contributed by atoms with van der Waals surface area (Å²) < 4.78 is 0. The standard InChI is InChI=1S/C35H69NO3/c1-3-5-7-9-11-13-15-16-17-18-19-21-23-25-27-29-31-35(39)36-33(32-37)34(38)30-28-26-24-22-20-14-12-10-8-6-4-2/h17-18,33-34,37-38H,3-16,19-32H2,1-2H3,(H,36,39)/b18-17-. The third-order valence-electron chi connectivity index (χ3n) is 8.03. The smallest absolute Gasteiger partial charge is 0.220 e. The fourth-order valence-electron chi connectivity index (χ4n) is 5.29. The molecule has 4 heteroatoms. The Kier molecular flexibility index (Phi) is 30.9. The van der Waals surface area contributed by atoms with Gasteiger partial charge in [-0.1, -0.05) is 154 Å². The van der Waals surface area contributed by atoms with E-state index in [4.69, 9.17) is 0 Å². The number of unbranched alkanes of at least 4 members (excludes halogenated alkanes) is 22. The summed E-state index contributed by atoms with van der Waals surface area (Å²) in [6, 6.07) is -0.534. The van der Waals surface area contributed by atoms with Crippen LogP contribution in [0.1, 0.15) is 187 Å². The molecule has 39 heavy (non-hydrogen) atoms. The monoisotopic (exact) mass is 552 g/mol. The number of aliphatic hydroxyl groups is 2. The molecule has 0 saturated heterocycles. The second kappa shape index (κ2) is 31.7. The molecule has 232 valence electrons.